The molecule has 8 aliphatic rings. The molecule has 8 fully saturated rings. The van der Waals surface area contributed by atoms with Crippen LogP contribution in [0.5, 0.6) is 0 Å². The summed E-state index contributed by atoms with van der Waals surface area (Å²) >= 11 is 0. The third-order valence-corrected chi connectivity index (χ3v) is 18.7. The maximum Gasteiger partial charge on any atom is 0.353 e. The van der Waals surface area contributed by atoms with E-state index in [-0.39, 0.29) is 98.3 Å². The molecule has 16 amide bonds. The Morgan fingerprint density at radius 1 is 0.215 bits per heavy atom. The van der Waals surface area contributed by atoms with Crippen LogP contribution in [0.3, 0.4) is 0 Å². The number of esters is 4. The van der Waals surface area contributed by atoms with Crippen LogP contribution in [0.4, 0.5) is 0 Å². The van der Waals surface area contributed by atoms with Crippen LogP contribution in [0.25, 0.3) is 0 Å². The van der Waals surface area contributed by atoms with E-state index in [4.69, 9.17) is 111 Å². The molecule has 0 aliphatic carbocycles. The number of carbonyl (C=O) groups excluding carboxylic acids is 32. The van der Waals surface area contributed by atoms with Crippen molar-refractivity contribution < 1.29 is 279 Å². The van der Waals surface area contributed by atoms with Crippen molar-refractivity contribution in [1.82, 2.24) is 40.5 Å². The summed E-state index contributed by atoms with van der Waals surface area (Å²) in [5.41, 5.74) is 0. The predicted octanol–water partition coefficient (Wildman–Crippen LogP) is -7.53. The Morgan fingerprint density at radius 3 is 0.694 bits per heavy atom. The molecule has 0 aromatic rings. The summed E-state index contributed by atoms with van der Waals surface area (Å²) < 4.78 is 57.4. The van der Waals surface area contributed by atoms with E-state index in [1.807, 2.05) is 0 Å². The highest BCUT2D eigenvalue weighted by molar-refractivity contribution is 6.08. The first-order chi connectivity index (χ1) is 68.5. The number of ether oxygens (including phenoxy) is 10. The topological polar surface area (TPSA) is 812 Å². The zero-order chi connectivity index (χ0) is 105. The van der Waals surface area contributed by atoms with Crippen LogP contribution in [-0.4, -0.2) is 353 Å². The largest absolute Gasteiger partial charge is 0.463 e. The fourth-order valence-electron chi connectivity index (χ4n) is 12.1. The summed E-state index contributed by atoms with van der Waals surface area (Å²) in [6, 6.07) is 0. The second-order valence-corrected chi connectivity index (χ2v) is 29.7. The Morgan fingerprint density at radius 2 is 0.431 bits per heavy atom. The van der Waals surface area contributed by atoms with Crippen molar-refractivity contribution in [3.63, 3.8) is 0 Å². The fourth-order valence-corrected chi connectivity index (χ4v) is 12.1. The number of carbonyl (C=O) groups is 32. The monoisotopic (exact) mass is 2060 g/mol. The molecule has 0 bridgehead atoms. The minimum atomic E-state index is -2.87. The minimum absolute atomic E-state index is 0.0115. The van der Waals surface area contributed by atoms with Gasteiger partial charge in [0.1, 0.15) is 103 Å². The highest BCUT2D eigenvalue weighted by Crippen LogP contribution is 2.26. The zero-order valence-corrected chi connectivity index (χ0v) is 75.2. The van der Waals surface area contributed by atoms with Gasteiger partial charge in [0.2, 0.25) is 0 Å². The molecule has 8 rings (SSSR count). The molecule has 7 unspecified atom stereocenters. The Bertz CT molecular complexity index is 4880. The normalized spacial score (nSPS) is 17.3. The van der Waals surface area contributed by atoms with Crippen molar-refractivity contribution >= 4 is 190 Å². The second kappa shape index (κ2) is 56.6. The summed E-state index contributed by atoms with van der Waals surface area (Å²) in [6.07, 6.45) is -35.6. The Hall–Kier alpha value is -15.8. The van der Waals surface area contributed by atoms with Crippen LogP contribution >= 0.6 is 0 Å². The summed E-state index contributed by atoms with van der Waals surface area (Å²) in [5.74, 6) is -42.7. The van der Waals surface area contributed by atoms with Crippen LogP contribution in [-0.2, 0) is 279 Å². The highest BCUT2D eigenvalue weighted by Gasteiger charge is 2.46. The van der Waals surface area contributed by atoms with E-state index in [1.54, 1.807) is 0 Å². The molecule has 7 atom stereocenters. The van der Waals surface area contributed by atoms with E-state index < -0.39 is 421 Å². The standard InChI is InChI=1S/C78H86N8O58/c1-2-3-76(128-38-42(138-141-73(116)33-69(112)135-84-54(97)14-15-55(84)98)78(144-143-75(118)35-71(114)137-86-58(101)18-19-59(86)102)43(139-142-74(117)34-70(113)136-85-56(99)16-17-57(85)100)39-129-140-72(115)32-68(111)134-83-52(95)12-13-53(83)96)127-37-41(121-23-25-124-62(105)30-66(109)132-81-48(91)8-9-49(81)92)77(126-27-26-125-63(106)31-67(110)133-82-50(93)10-11-51(82)94)40(120-22-24-123-61(104)29-65(108)131-80-46(89)6-7-47(80)90)36-119-20-21-122-60(103)28-64(107)130-79-44(87)4-5-45(79)88/h40-43,76-78H,2-39H2,1H3. The van der Waals surface area contributed by atoms with Crippen molar-refractivity contribution in [2.45, 2.75) is 217 Å². The average Bonchev–Trinajstić information content (AvgIpc) is 1.34. The van der Waals surface area contributed by atoms with Crippen molar-refractivity contribution in [2.24, 2.45) is 0 Å². The molecule has 0 N–H and O–H groups in total. The molecule has 0 aromatic heterocycles. The second-order valence-electron chi connectivity index (χ2n) is 29.7. The molecule has 0 saturated carbocycles. The molecule has 8 aliphatic heterocycles. The summed E-state index contributed by atoms with van der Waals surface area (Å²) in [4.78, 5) is 485. The minimum Gasteiger partial charge on any atom is -0.463 e. The van der Waals surface area contributed by atoms with Crippen LogP contribution in [0.1, 0.15) is 174 Å². The van der Waals surface area contributed by atoms with Gasteiger partial charge < -0.3 is 86.1 Å². The Balaban J connectivity index is 1.17. The van der Waals surface area contributed by atoms with E-state index in [1.165, 1.54) is 6.92 Å². The number of nitrogens with zero attached hydrogens (tertiary/aromatic N) is 8. The number of hydroxylamine groups is 16. The average molecular weight is 2060 g/mol. The zero-order valence-electron chi connectivity index (χ0n) is 75.2. The van der Waals surface area contributed by atoms with Crippen LogP contribution in [0.2, 0.25) is 0 Å². The lowest BCUT2D eigenvalue weighted by Crippen LogP contribution is -2.50. The third kappa shape index (κ3) is 37.0. The lowest BCUT2D eigenvalue weighted by atomic mass is 10.1. The van der Waals surface area contributed by atoms with Gasteiger partial charge in [-0.25, -0.2) is 57.5 Å². The van der Waals surface area contributed by atoms with Gasteiger partial charge in [-0.2, -0.15) is 19.6 Å². The van der Waals surface area contributed by atoms with Crippen molar-refractivity contribution in [2.75, 3.05) is 79.3 Å². The van der Waals surface area contributed by atoms with Crippen LogP contribution < -0.4 is 0 Å². The molecule has 66 heteroatoms. The van der Waals surface area contributed by atoms with Gasteiger partial charge in [-0.15, -0.1) is 40.5 Å². The highest BCUT2D eigenvalue weighted by atomic mass is 17.3. The number of amides is 16. The van der Waals surface area contributed by atoms with Crippen molar-refractivity contribution in [3.8, 4) is 0 Å². The van der Waals surface area contributed by atoms with Gasteiger partial charge >= 0.3 is 95.5 Å². The third-order valence-electron chi connectivity index (χ3n) is 18.7. The molecule has 0 aromatic carbocycles. The Labute approximate surface area is 802 Å². The number of imide groups is 8. The van der Waals surface area contributed by atoms with Crippen LogP contribution in [0, 0.1) is 0 Å². The lowest BCUT2D eigenvalue weighted by molar-refractivity contribution is -0.414. The SMILES string of the molecule is CCCC(OCC(OCCOC(=O)CC(=O)ON1C(=O)CCC1=O)C(OCCOC(=O)CC(=O)ON1C(=O)CCC1=O)C(COCCOC(=O)CC(=O)ON1C(=O)CCC1=O)OCCOC(=O)CC(=O)ON1C(=O)CCC1=O)OCC(OOC(=O)CC(=O)ON1C(=O)CCC1=O)C(OOC(=O)CC(=O)ON1C(=O)CCC1=O)C(COOC(=O)CC(=O)ON1C(=O)CCC1=O)OOC(=O)CC(=O)ON1C(=O)CCC1=O. The quantitative estimate of drug-likeness (QED) is 0.00798. The van der Waals surface area contributed by atoms with Gasteiger partial charge in [0.05, 0.1) is 46.2 Å². The Kier molecular flexibility index (Phi) is 44.6. The van der Waals surface area contributed by atoms with Gasteiger partial charge in [-0.1, -0.05) is 13.3 Å². The molecule has 0 radical (unpaired) electrons. The van der Waals surface area contributed by atoms with Gasteiger partial charge in [-0.3, -0.25) is 115 Å². The maximum absolute atomic E-state index is 13.8. The predicted molar refractivity (Wildman–Crippen MR) is 414 cm³/mol. The van der Waals surface area contributed by atoms with E-state index in [9.17, 15) is 153 Å². The molecular weight excluding hydrogens is 1980 g/mol. The molecule has 8 heterocycles. The summed E-state index contributed by atoms with van der Waals surface area (Å²) in [6.45, 7) is -11.2. The van der Waals surface area contributed by atoms with Gasteiger partial charge in [0, 0.05) is 103 Å². The van der Waals surface area contributed by atoms with E-state index >= 15 is 0 Å². The number of hydrogen-bond donors (Lipinski definition) is 0. The van der Waals surface area contributed by atoms with E-state index in [0.717, 1.165) is 0 Å². The first-order valence-electron chi connectivity index (χ1n) is 42.7. The molecule has 66 nitrogen and oxygen atoms in total. The lowest BCUT2D eigenvalue weighted by Gasteiger charge is -2.34. The first kappa shape index (κ1) is 114. The molecule has 0 spiro atoms. The van der Waals surface area contributed by atoms with Gasteiger partial charge in [0.25, 0.3) is 94.5 Å². The van der Waals surface area contributed by atoms with Gasteiger partial charge in [0.15, 0.2) is 24.6 Å². The van der Waals surface area contributed by atoms with Crippen LogP contribution in [0.15, 0.2) is 0 Å². The summed E-state index contributed by atoms with van der Waals surface area (Å²) in [5, 5.41) is 0.225. The number of rotatable bonds is 62. The molecule has 144 heavy (non-hydrogen) atoms. The first-order valence-corrected chi connectivity index (χ1v) is 42.7. The van der Waals surface area contributed by atoms with Crippen molar-refractivity contribution in [3.05, 3.63) is 0 Å². The smallest absolute Gasteiger partial charge is 0.353 e. The number of hydrogen-bond acceptors (Lipinski definition) is 58. The van der Waals surface area contributed by atoms with E-state index in [0.29, 0.717) is 0 Å². The van der Waals surface area contributed by atoms with Gasteiger partial charge in [-0.05, 0) is 6.42 Å². The summed E-state index contributed by atoms with van der Waals surface area (Å²) in [7, 11) is 0. The fraction of sp³-hybridized carbons (Fsp3) is 0.590. The maximum atomic E-state index is 13.8. The van der Waals surface area contributed by atoms with Crippen molar-refractivity contribution in [1.29, 1.82) is 0 Å². The molecule has 786 valence electrons. The molecular formula is C78H86N8O58. The molecule has 8 saturated heterocycles. The van der Waals surface area contributed by atoms with E-state index in [2.05, 4.69) is 14.6 Å².